The minimum atomic E-state index is -0.177. The maximum Gasteiger partial charge on any atom is 0.287 e. The molecule has 0 bridgehead atoms. The van der Waals surface area contributed by atoms with E-state index in [1.807, 2.05) is 67.5 Å². The van der Waals surface area contributed by atoms with Crippen molar-refractivity contribution in [2.24, 2.45) is 0 Å². The van der Waals surface area contributed by atoms with Crippen LogP contribution in [0.5, 0.6) is 0 Å². The number of para-hydroxylation sites is 1. The molecular formula is C20H23N3O2. The number of nitrogen functional groups attached to an aromatic ring is 1. The molecule has 3 aromatic rings. The van der Waals surface area contributed by atoms with Crippen molar-refractivity contribution in [2.45, 2.75) is 13.0 Å². The zero-order valence-corrected chi connectivity index (χ0v) is 14.6. The van der Waals surface area contributed by atoms with Gasteiger partial charge in [-0.3, -0.25) is 4.79 Å². The Morgan fingerprint density at radius 1 is 1.12 bits per heavy atom. The van der Waals surface area contributed by atoms with Gasteiger partial charge >= 0.3 is 0 Å². The van der Waals surface area contributed by atoms with E-state index in [0.717, 1.165) is 34.2 Å². The molecule has 3 N–H and O–H groups in total. The van der Waals surface area contributed by atoms with Gasteiger partial charge in [0.25, 0.3) is 5.91 Å². The van der Waals surface area contributed by atoms with Gasteiger partial charge in [-0.25, -0.2) is 0 Å². The van der Waals surface area contributed by atoms with Crippen LogP contribution in [-0.2, 0) is 13.0 Å². The zero-order chi connectivity index (χ0) is 17.8. The fourth-order valence-corrected chi connectivity index (χ4v) is 2.84. The SMILES string of the molecule is CN(C)Cc1c(C(=O)NCCc2ccc(N)cc2)oc2ccccc12. The summed E-state index contributed by atoms with van der Waals surface area (Å²) in [5.74, 6) is 0.218. The Morgan fingerprint density at radius 2 is 1.84 bits per heavy atom. The summed E-state index contributed by atoms with van der Waals surface area (Å²) >= 11 is 0. The number of fused-ring (bicyclic) bond motifs is 1. The van der Waals surface area contributed by atoms with Gasteiger partial charge in [0.05, 0.1) is 0 Å². The van der Waals surface area contributed by atoms with E-state index in [4.69, 9.17) is 10.2 Å². The number of rotatable bonds is 6. The molecule has 0 radical (unpaired) electrons. The lowest BCUT2D eigenvalue weighted by atomic mass is 10.1. The molecule has 3 rings (SSSR count). The van der Waals surface area contributed by atoms with Gasteiger partial charge in [-0.05, 0) is 44.3 Å². The fourth-order valence-electron chi connectivity index (χ4n) is 2.84. The first-order chi connectivity index (χ1) is 12.0. The fraction of sp³-hybridized carbons (Fsp3) is 0.250. The maximum atomic E-state index is 12.6. The number of furan rings is 1. The first kappa shape index (κ1) is 17.0. The van der Waals surface area contributed by atoms with Gasteiger partial charge in [0.15, 0.2) is 5.76 Å². The number of hydrogen-bond donors (Lipinski definition) is 2. The standard InChI is InChI=1S/C20H23N3O2/c1-23(2)13-17-16-5-3-4-6-18(16)25-19(17)20(24)22-12-11-14-7-9-15(21)10-8-14/h3-10H,11-13,21H2,1-2H3,(H,22,24). The molecule has 1 amide bonds. The third kappa shape index (κ3) is 4.00. The molecular weight excluding hydrogens is 314 g/mol. The highest BCUT2D eigenvalue weighted by molar-refractivity contribution is 5.99. The van der Waals surface area contributed by atoms with Crippen molar-refractivity contribution >= 4 is 22.6 Å². The molecule has 25 heavy (non-hydrogen) atoms. The Morgan fingerprint density at radius 3 is 2.56 bits per heavy atom. The molecule has 1 aromatic heterocycles. The largest absolute Gasteiger partial charge is 0.451 e. The summed E-state index contributed by atoms with van der Waals surface area (Å²) in [5.41, 5.74) is 9.22. The van der Waals surface area contributed by atoms with Crippen LogP contribution in [0.4, 0.5) is 5.69 Å². The van der Waals surface area contributed by atoms with Crippen molar-refractivity contribution in [3.8, 4) is 0 Å². The van der Waals surface area contributed by atoms with E-state index in [0.29, 0.717) is 18.8 Å². The highest BCUT2D eigenvalue weighted by atomic mass is 16.3. The number of anilines is 1. The molecule has 2 aromatic carbocycles. The topological polar surface area (TPSA) is 71.5 Å². The van der Waals surface area contributed by atoms with Crippen LogP contribution in [0.1, 0.15) is 21.7 Å². The molecule has 0 aliphatic rings. The smallest absolute Gasteiger partial charge is 0.287 e. The molecule has 0 saturated heterocycles. The van der Waals surface area contributed by atoms with E-state index in [-0.39, 0.29) is 5.91 Å². The number of hydrogen-bond acceptors (Lipinski definition) is 4. The van der Waals surface area contributed by atoms with Crippen LogP contribution in [0.3, 0.4) is 0 Å². The van der Waals surface area contributed by atoms with Crippen LogP contribution in [-0.4, -0.2) is 31.4 Å². The Kier molecular flexibility index (Phi) is 5.05. The average molecular weight is 337 g/mol. The lowest BCUT2D eigenvalue weighted by Gasteiger charge is -2.10. The maximum absolute atomic E-state index is 12.6. The van der Waals surface area contributed by atoms with Crippen molar-refractivity contribution < 1.29 is 9.21 Å². The van der Waals surface area contributed by atoms with Gasteiger partial charge < -0.3 is 20.4 Å². The molecule has 0 saturated carbocycles. The second-order valence-corrected chi connectivity index (χ2v) is 6.39. The number of benzene rings is 2. The van der Waals surface area contributed by atoms with Crippen molar-refractivity contribution in [1.82, 2.24) is 10.2 Å². The van der Waals surface area contributed by atoms with Gasteiger partial charge in [0.1, 0.15) is 5.58 Å². The molecule has 1 heterocycles. The molecule has 0 unspecified atom stereocenters. The molecule has 0 atom stereocenters. The van der Waals surface area contributed by atoms with Crippen molar-refractivity contribution in [2.75, 3.05) is 26.4 Å². The Balaban J connectivity index is 1.73. The predicted octanol–water partition coefficient (Wildman–Crippen LogP) is 3.05. The minimum Gasteiger partial charge on any atom is -0.451 e. The van der Waals surface area contributed by atoms with Crippen molar-refractivity contribution in [1.29, 1.82) is 0 Å². The highest BCUT2D eigenvalue weighted by Crippen LogP contribution is 2.26. The summed E-state index contributed by atoms with van der Waals surface area (Å²) in [6, 6.07) is 15.4. The second kappa shape index (κ2) is 7.40. The average Bonchev–Trinajstić information content (AvgIpc) is 2.95. The summed E-state index contributed by atoms with van der Waals surface area (Å²) < 4.78 is 5.83. The molecule has 0 aliphatic carbocycles. The van der Waals surface area contributed by atoms with E-state index >= 15 is 0 Å². The van der Waals surface area contributed by atoms with E-state index < -0.39 is 0 Å². The Hall–Kier alpha value is -2.79. The molecule has 5 nitrogen and oxygen atoms in total. The van der Waals surface area contributed by atoms with Crippen LogP contribution in [0.2, 0.25) is 0 Å². The molecule has 0 spiro atoms. The first-order valence-corrected chi connectivity index (χ1v) is 8.32. The first-order valence-electron chi connectivity index (χ1n) is 8.32. The zero-order valence-electron chi connectivity index (χ0n) is 14.6. The van der Waals surface area contributed by atoms with E-state index in [2.05, 4.69) is 5.32 Å². The van der Waals surface area contributed by atoms with Gasteiger partial charge in [0.2, 0.25) is 0 Å². The normalized spacial score (nSPS) is 11.2. The van der Waals surface area contributed by atoms with Gasteiger partial charge in [-0.15, -0.1) is 0 Å². The number of carbonyl (C=O) groups excluding carboxylic acids is 1. The van der Waals surface area contributed by atoms with Crippen molar-refractivity contribution in [3.05, 3.63) is 65.4 Å². The predicted molar refractivity (Wildman–Crippen MR) is 100 cm³/mol. The van der Waals surface area contributed by atoms with Crippen LogP contribution in [0.15, 0.2) is 52.9 Å². The summed E-state index contributed by atoms with van der Waals surface area (Å²) in [6.45, 7) is 1.19. The van der Waals surface area contributed by atoms with E-state index in [1.54, 1.807) is 0 Å². The van der Waals surface area contributed by atoms with Crippen LogP contribution >= 0.6 is 0 Å². The minimum absolute atomic E-state index is 0.177. The lowest BCUT2D eigenvalue weighted by Crippen LogP contribution is -2.27. The van der Waals surface area contributed by atoms with Crippen molar-refractivity contribution in [3.63, 3.8) is 0 Å². The van der Waals surface area contributed by atoms with Crippen LogP contribution in [0.25, 0.3) is 11.0 Å². The molecule has 0 fully saturated rings. The molecule has 5 heteroatoms. The molecule has 130 valence electrons. The summed E-state index contributed by atoms with van der Waals surface area (Å²) in [6.07, 6.45) is 0.745. The van der Waals surface area contributed by atoms with Gasteiger partial charge in [-0.2, -0.15) is 0 Å². The Labute approximate surface area is 147 Å². The summed E-state index contributed by atoms with van der Waals surface area (Å²) in [7, 11) is 3.95. The third-order valence-electron chi connectivity index (χ3n) is 4.06. The Bertz CT molecular complexity index is 866. The summed E-state index contributed by atoms with van der Waals surface area (Å²) in [5, 5.41) is 3.94. The second-order valence-electron chi connectivity index (χ2n) is 6.39. The van der Waals surface area contributed by atoms with E-state index in [1.165, 1.54) is 0 Å². The summed E-state index contributed by atoms with van der Waals surface area (Å²) in [4.78, 5) is 14.6. The van der Waals surface area contributed by atoms with Crippen LogP contribution in [0, 0.1) is 0 Å². The monoisotopic (exact) mass is 337 g/mol. The quantitative estimate of drug-likeness (QED) is 0.678. The van der Waals surface area contributed by atoms with Crippen LogP contribution < -0.4 is 11.1 Å². The number of nitrogens with two attached hydrogens (primary N) is 1. The number of amides is 1. The number of nitrogens with one attached hydrogen (secondary N) is 1. The third-order valence-corrected chi connectivity index (χ3v) is 4.06. The van der Waals surface area contributed by atoms with E-state index in [9.17, 15) is 4.79 Å². The lowest BCUT2D eigenvalue weighted by molar-refractivity contribution is 0.0926. The number of nitrogens with zero attached hydrogens (tertiary/aromatic N) is 1. The number of carbonyl (C=O) groups is 1. The van der Waals surface area contributed by atoms with Gasteiger partial charge in [0, 0.05) is 29.7 Å². The van der Waals surface area contributed by atoms with Gasteiger partial charge in [-0.1, -0.05) is 30.3 Å². The highest BCUT2D eigenvalue weighted by Gasteiger charge is 2.20. The molecule has 0 aliphatic heterocycles.